The summed E-state index contributed by atoms with van der Waals surface area (Å²) >= 11 is 5.16. The fourth-order valence-electron chi connectivity index (χ4n) is 2.49. The van der Waals surface area contributed by atoms with Crippen LogP contribution in [-0.2, 0) is 0 Å². The molecule has 104 valence electrons. The van der Waals surface area contributed by atoms with Gasteiger partial charge in [0.2, 0.25) is 0 Å². The summed E-state index contributed by atoms with van der Waals surface area (Å²) in [6, 6.07) is 3.70. The summed E-state index contributed by atoms with van der Waals surface area (Å²) in [6.45, 7) is 4.45. The highest BCUT2D eigenvalue weighted by Gasteiger charge is 2.31. The van der Waals surface area contributed by atoms with Crippen LogP contribution in [0, 0.1) is 17.0 Å². The molecule has 1 aromatic rings. The summed E-state index contributed by atoms with van der Waals surface area (Å²) in [6.07, 6.45) is 3.25. The van der Waals surface area contributed by atoms with Crippen molar-refractivity contribution in [3.8, 4) is 0 Å². The second kappa shape index (κ2) is 5.41. The average Bonchev–Trinajstić information content (AvgIpc) is 2.62. The van der Waals surface area contributed by atoms with Crippen LogP contribution in [0.15, 0.2) is 18.2 Å². The van der Waals surface area contributed by atoms with Crippen LogP contribution in [-0.4, -0.2) is 11.2 Å². The Morgan fingerprint density at radius 1 is 1.37 bits per heavy atom. The normalized spacial score (nSPS) is 21.2. The number of hydrogen-bond donors (Lipinski definition) is 2. The standard InChI is InChI=1S/C14H18F2N2S/c1-14(2)6-5-10(8-14)17-13(19)18-12-4-3-9(15)7-11(12)16/h3-4,7,10H,5-6,8H2,1-2H3,(H2,17,18,19). The lowest BCUT2D eigenvalue weighted by atomic mass is 9.92. The van der Waals surface area contributed by atoms with Gasteiger partial charge in [0.15, 0.2) is 5.11 Å². The molecule has 1 aliphatic carbocycles. The van der Waals surface area contributed by atoms with E-state index >= 15 is 0 Å². The molecule has 0 radical (unpaired) electrons. The molecule has 1 aromatic carbocycles. The van der Waals surface area contributed by atoms with Gasteiger partial charge in [0.05, 0.1) is 5.69 Å². The molecule has 1 aliphatic rings. The van der Waals surface area contributed by atoms with Crippen LogP contribution in [0.1, 0.15) is 33.1 Å². The third kappa shape index (κ3) is 3.86. The maximum absolute atomic E-state index is 13.5. The van der Waals surface area contributed by atoms with E-state index in [4.69, 9.17) is 12.2 Å². The molecule has 5 heteroatoms. The molecule has 0 saturated heterocycles. The molecular weight excluding hydrogens is 266 g/mol. The van der Waals surface area contributed by atoms with Gasteiger partial charge in [0.25, 0.3) is 0 Å². The van der Waals surface area contributed by atoms with Crippen molar-refractivity contribution in [1.82, 2.24) is 5.32 Å². The zero-order chi connectivity index (χ0) is 14.0. The highest BCUT2D eigenvalue weighted by atomic mass is 32.1. The Labute approximate surface area is 117 Å². The van der Waals surface area contributed by atoms with Gasteiger partial charge in [-0.3, -0.25) is 0 Å². The maximum Gasteiger partial charge on any atom is 0.171 e. The summed E-state index contributed by atoms with van der Waals surface area (Å²) in [4.78, 5) is 0. The molecule has 0 bridgehead atoms. The summed E-state index contributed by atoms with van der Waals surface area (Å²) < 4.78 is 26.2. The Kier molecular flexibility index (Phi) is 4.04. The first kappa shape index (κ1) is 14.2. The molecule has 0 spiro atoms. The Morgan fingerprint density at radius 2 is 2.11 bits per heavy atom. The van der Waals surface area contributed by atoms with E-state index in [1.165, 1.54) is 12.1 Å². The van der Waals surface area contributed by atoms with Crippen molar-refractivity contribution in [3.05, 3.63) is 29.8 Å². The van der Waals surface area contributed by atoms with Gasteiger partial charge in [-0.25, -0.2) is 8.78 Å². The number of rotatable bonds is 2. The second-order valence-corrected chi connectivity index (χ2v) is 6.23. The first-order valence-electron chi connectivity index (χ1n) is 6.38. The van der Waals surface area contributed by atoms with Crippen LogP contribution >= 0.6 is 12.2 Å². The first-order chi connectivity index (χ1) is 8.85. The van der Waals surface area contributed by atoms with Crippen molar-refractivity contribution in [2.75, 3.05) is 5.32 Å². The van der Waals surface area contributed by atoms with E-state index in [-0.39, 0.29) is 5.69 Å². The molecular formula is C14H18F2N2S. The zero-order valence-electron chi connectivity index (χ0n) is 11.1. The van der Waals surface area contributed by atoms with Crippen molar-refractivity contribution in [1.29, 1.82) is 0 Å². The maximum atomic E-state index is 13.5. The van der Waals surface area contributed by atoms with Crippen molar-refractivity contribution in [2.45, 2.75) is 39.2 Å². The van der Waals surface area contributed by atoms with Crippen LogP contribution in [0.5, 0.6) is 0 Å². The van der Waals surface area contributed by atoms with Crippen LogP contribution in [0.25, 0.3) is 0 Å². The summed E-state index contributed by atoms with van der Waals surface area (Å²) in [5.74, 6) is -1.24. The van der Waals surface area contributed by atoms with Crippen LogP contribution in [0.2, 0.25) is 0 Å². The van der Waals surface area contributed by atoms with Crippen LogP contribution < -0.4 is 10.6 Å². The number of anilines is 1. The first-order valence-corrected chi connectivity index (χ1v) is 6.79. The van der Waals surface area contributed by atoms with E-state index in [0.29, 0.717) is 16.6 Å². The van der Waals surface area contributed by atoms with Crippen LogP contribution in [0.3, 0.4) is 0 Å². The quantitative estimate of drug-likeness (QED) is 0.807. The minimum Gasteiger partial charge on any atom is -0.360 e. The second-order valence-electron chi connectivity index (χ2n) is 5.83. The number of hydrogen-bond acceptors (Lipinski definition) is 1. The van der Waals surface area contributed by atoms with Gasteiger partial charge in [-0.1, -0.05) is 13.8 Å². The summed E-state index contributed by atoms with van der Waals surface area (Å²) in [7, 11) is 0. The number of nitrogens with one attached hydrogen (secondary N) is 2. The highest BCUT2D eigenvalue weighted by Crippen LogP contribution is 2.36. The monoisotopic (exact) mass is 284 g/mol. The Hall–Kier alpha value is -1.23. The van der Waals surface area contributed by atoms with Crippen molar-refractivity contribution in [3.63, 3.8) is 0 Å². The molecule has 1 unspecified atom stereocenters. The summed E-state index contributed by atoms with van der Waals surface area (Å²) in [5.41, 5.74) is 0.519. The largest absolute Gasteiger partial charge is 0.360 e. The average molecular weight is 284 g/mol. The van der Waals surface area contributed by atoms with Crippen molar-refractivity contribution >= 4 is 23.0 Å². The lowest BCUT2D eigenvalue weighted by Gasteiger charge is -2.19. The third-order valence-corrected chi connectivity index (χ3v) is 3.70. The topological polar surface area (TPSA) is 24.1 Å². The third-order valence-electron chi connectivity index (χ3n) is 3.48. The molecule has 2 N–H and O–H groups in total. The predicted molar refractivity (Wildman–Crippen MR) is 77.1 cm³/mol. The molecule has 0 amide bonds. The van der Waals surface area contributed by atoms with Gasteiger partial charge in [-0.05, 0) is 49.0 Å². The van der Waals surface area contributed by atoms with E-state index in [1.54, 1.807) is 0 Å². The number of halogens is 2. The minimum absolute atomic E-state index is 0.191. The van der Waals surface area contributed by atoms with Gasteiger partial charge in [0, 0.05) is 12.1 Å². The molecule has 2 nitrogen and oxygen atoms in total. The van der Waals surface area contributed by atoms with Gasteiger partial charge < -0.3 is 10.6 Å². The molecule has 1 atom stereocenters. The SMILES string of the molecule is CC1(C)CCC(NC(=S)Nc2ccc(F)cc2F)C1. The molecule has 2 rings (SSSR count). The highest BCUT2D eigenvalue weighted by molar-refractivity contribution is 7.80. The Balaban J connectivity index is 1.91. The van der Waals surface area contributed by atoms with Gasteiger partial charge in [-0.15, -0.1) is 0 Å². The smallest absolute Gasteiger partial charge is 0.171 e. The molecule has 0 aromatic heterocycles. The van der Waals surface area contributed by atoms with E-state index in [1.807, 2.05) is 0 Å². The number of thiocarbonyl (C=S) groups is 1. The summed E-state index contributed by atoms with van der Waals surface area (Å²) in [5, 5.41) is 6.34. The predicted octanol–water partition coefficient (Wildman–Crippen LogP) is 3.83. The van der Waals surface area contributed by atoms with Gasteiger partial charge >= 0.3 is 0 Å². The van der Waals surface area contributed by atoms with Crippen molar-refractivity contribution in [2.24, 2.45) is 5.41 Å². The fraction of sp³-hybridized carbons (Fsp3) is 0.500. The Bertz CT molecular complexity index is 488. The van der Waals surface area contributed by atoms with Crippen molar-refractivity contribution < 1.29 is 8.78 Å². The Morgan fingerprint density at radius 3 is 2.68 bits per heavy atom. The lowest BCUT2D eigenvalue weighted by Crippen LogP contribution is -2.36. The van der Waals surface area contributed by atoms with Gasteiger partial charge in [-0.2, -0.15) is 0 Å². The van der Waals surface area contributed by atoms with E-state index in [2.05, 4.69) is 24.5 Å². The van der Waals surface area contributed by atoms with Crippen LogP contribution in [0.4, 0.5) is 14.5 Å². The molecule has 1 saturated carbocycles. The lowest BCUT2D eigenvalue weighted by molar-refractivity contribution is 0.372. The minimum atomic E-state index is -0.643. The van der Waals surface area contributed by atoms with Gasteiger partial charge in [0.1, 0.15) is 11.6 Å². The number of benzene rings is 1. The molecule has 0 aliphatic heterocycles. The van der Waals surface area contributed by atoms with E-state index in [0.717, 1.165) is 25.3 Å². The van der Waals surface area contributed by atoms with E-state index < -0.39 is 11.6 Å². The molecule has 1 fully saturated rings. The fourth-order valence-corrected chi connectivity index (χ4v) is 2.77. The molecule has 0 heterocycles. The molecule has 19 heavy (non-hydrogen) atoms. The van der Waals surface area contributed by atoms with E-state index in [9.17, 15) is 8.78 Å². The zero-order valence-corrected chi connectivity index (χ0v) is 11.9.